The zero-order chi connectivity index (χ0) is 15.6. The Kier molecular flexibility index (Phi) is 5.11. The highest BCUT2D eigenvalue weighted by Gasteiger charge is 2.35. The third-order valence-corrected chi connectivity index (χ3v) is 6.74. The molecule has 2 rings (SSSR count). The molecule has 1 aliphatic heterocycles. The number of nitrogens with zero attached hydrogens (tertiary/aromatic N) is 1. The van der Waals surface area contributed by atoms with Crippen LogP contribution in [0.1, 0.15) is 12.5 Å². The molecule has 0 saturated carbocycles. The lowest BCUT2D eigenvalue weighted by Gasteiger charge is -2.36. The summed E-state index contributed by atoms with van der Waals surface area (Å²) in [5.41, 5.74) is -0.204. The number of rotatable bonds is 4. The number of benzene rings is 1. The van der Waals surface area contributed by atoms with E-state index >= 15 is 0 Å². The van der Waals surface area contributed by atoms with Gasteiger partial charge >= 0.3 is 0 Å². The summed E-state index contributed by atoms with van der Waals surface area (Å²) in [5, 5.41) is 8.04. The van der Waals surface area contributed by atoms with Gasteiger partial charge in [-0.05, 0) is 17.7 Å². The highest BCUT2D eigenvalue weighted by Crippen LogP contribution is 2.32. The van der Waals surface area contributed by atoms with Crippen molar-refractivity contribution in [3.05, 3.63) is 29.3 Å². The van der Waals surface area contributed by atoms with Crippen molar-refractivity contribution in [2.75, 3.05) is 28.7 Å². The minimum Gasteiger partial charge on any atom is -0.392 e. The van der Waals surface area contributed by atoms with E-state index in [0.717, 1.165) is 12.1 Å². The molecule has 0 bridgehead atoms. The lowest BCUT2D eigenvalue weighted by atomic mass is 10.1. The molecule has 0 aliphatic carbocycles. The van der Waals surface area contributed by atoms with Gasteiger partial charge in [-0.1, -0.05) is 6.92 Å². The Balaban J connectivity index is 2.48. The molecule has 1 aromatic rings. The summed E-state index contributed by atoms with van der Waals surface area (Å²) in [5.74, 6) is -0.871. The predicted octanol–water partition coefficient (Wildman–Crippen LogP) is 1.77. The van der Waals surface area contributed by atoms with Crippen LogP contribution in [0.5, 0.6) is 0 Å². The van der Waals surface area contributed by atoms with E-state index in [9.17, 15) is 17.2 Å². The number of aliphatic hydroxyl groups excluding tert-OH is 1. The van der Waals surface area contributed by atoms with Gasteiger partial charge in [0.1, 0.15) is 22.7 Å². The van der Waals surface area contributed by atoms with Crippen LogP contribution in [0.25, 0.3) is 0 Å². The molecule has 1 N–H and O–H groups in total. The molecule has 4 nitrogen and oxygen atoms in total. The lowest BCUT2D eigenvalue weighted by molar-refractivity contribution is 0.280. The van der Waals surface area contributed by atoms with E-state index in [2.05, 4.69) is 0 Å². The molecule has 1 heterocycles. The topological polar surface area (TPSA) is 57.6 Å². The van der Waals surface area contributed by atoms with Crippen LogP contribution in [-0.2, 0) is 16.4 Å². The minimum absolute atomic E-state index is 0.0767. The van der Waals surface area contributed by atoms with Gasteiger partial charge in [0.05, 0.1) is 6.61 Å². The quantitative estimate of drug-likeness (QED) is 0.907. The molecule has 1 aliphatic rings. The van der Waals surface area contributed by atoms with E-state index in [1.807, 2.05) is 0 Å². The summed E-state index contributed by atoms with van der Waals surface area (Å²) < 4.78 is 52.6. The maximum Gasteiger partial charge on any atom is 0.171 e. The summed E-state index contributed by atoms with van der Waals surface area (Å²) in [6.07, 6.45) is 0. The van der Waals surface area contributed by atoms with Gasteiger partial charge in [-0.2, -0.15) is 11.8 Å². The van der Waals surface area contributed by atoms with Crippen LogP contribution in [0, 0.1) is 11.6 Å². The Morgan fingerprint density at radius 1 is 1.38 bits per heavy atom. The Hall–Kier alpha value is -0.860. The van der Waals surface area contributed by atoms with Crippen LogP contribution in [0.15, 0.2) is 12.1 Å². The molecule has 1 saturated heterocycles. The van der Waals surface area contributed by atoms with Crippen molar-refractivity contribution in [1.29, 1.82) is 0 Å². The van der Waals surface area contributed by atoms with Crippen LogP contribution in [-0.4, -0.2) is 42.7 Å². The van der Waals surface area contributed by atoms with E-state index in [1.165, 1.54) is 23.6 Å². The number of anilines is 1. The molecule has 1 atom stereocenters. The third-order valence-electron chi connectivity index (χ3n) is 3.45. The van der Waals surface area contributed by atoms with Gasteiger partial charge < -0.3 is 10.0 Å². The fourth-order valence-corrected chi connectivity index (χ4v) is 5.29. The largest absolute Gasteiger partial charge is 0.392 e. The van der Waals surface area contributed by atoms with Gasteiger partial charge in [-0.3, -0.25) is 0 Å². The number of hydrogen-bond acceptors (Lipinski definition) is 5. The van der Waals surface area contributed by atoms with Gasteiger partial charge in [0.2, 0.25) is 0 Å². The van der Waals surface area contributed by atoms with E-state index in [4.69, 9.17) is 5.11 Å². The molecule has 1 unspecified atom stereocenters. The Morgan fingerprint density at radius 3 is 2.52 bits per heavy atom. The van der Waals surface area contributed by atoms with Gasteiger partial charge in [0.25, 0.3) is 0 Å². The van der Waals surface area contributed by atoms with Crippen molar-refractivity contribution < 1.29 is 22.3 Å². The van der Waals surface area contributed by atoms with Crippen molar-refractivity contribution in [2.24, 2.45) is 0 Å². The molecule has 21 heavy (non-hydrogen) atoms. The van der Waals surface area contributed by atoms with E-state index in [0.29, 0.717) is 5.75 Å². The van der Waals surface area contributed by atoms with Crippen LogP contribution in [0.4, 0.5) is 14.5 Å². The van der Waals surface area contributed by atoms with Crippen molar-refractivity contribution in [3.8, 4) is 0 Å². The number of halogens is 2. The maximum atomic E-state index is 14.2. The van der Waals surface area contributed by atoms with Gasteiger partial charge in [0, 0.05) is 23.8 Å². The number of aliphatic hydroxyl groups is 1. The first kappa shape index (κ1) is 16.5. The smallest absolute Gasteiger partial charge is 0.171 e. The highest BCUT2D eigenvalue weighted by atomic mass is 32.2. The van der Waals surface area contributed by atoms with Crippen molar-refractivity contribution in [1.82, 2.24) is 0 Å². The zero-order valence-electron chi connectivity index (χ0n) is 11.6. The molecule has 0 amide bonds. The van der Waals surface area contributed by atoms with Crippen LogP contribution < -0.4 is 4.90 Å². The number of hydrogen-bond donors (Lipinski definition) is 1. The molecule has 118 valence electrons. The normalized spacial score (nSPS) is 19.8. The monoisotopic (exact) mass is 337 g/mol. The molecule has 1 fully saturated rings. The second-order valence-electron chi connectivity index (χ2n) is 4.74. The SMILES string of the molecule is CCS(=O)(=O)C1CSCCN1c1c(F)cc(CO)cc1F. The predicted molar refractivity (Wildman–Crippen MR) is 80.2 cm³/mol. The van der Waals surface area contributed by atoms with E-state index in [-0.39, 0.29) is 29.3 Å². The lowest BCUT2D eigenvalue weighted by Crippen LogP contribution is -2.48. The average Bonchev–Trinajstić information content (AvgIpc) is 2.46. The molecule has 1 aromatic carbocycles. The number of thioether (sulfide) groups is 1. The second kappa shape index (κ2) is 6.50. The first-order valence-electron chi connectivity index (χ1n) is 6.55. The Bertz CT molecular complexity index is 599. The number of sulfone groups is 1. The zero-order valence-corrected chi connectivity index (χ0v) is 13.2. The molecule has 8 heteroatoms. The fourth-order valence-electron chi connectivity index (χ4n) is 2.31. The Morgan fingerprint density at radius 2 is 2.00 bits per heavy atom. The van der Waals surface area contributed by atoms with Gasteiger partial charge in [0.15, 0.2) is 9.84 Å². The van der Waals surface area contributed by atoms with Gasteiger partial charge in [-0.25, -0.2) is 17.2 Å². The molecule has 0 spiro atoms. The van der Waals surface area contributed by atoms with Crippen LogP contribution in [0.2, 0.25) is 0 Å². The summed E-state index contributed by atoms with van der Waals surface area (Å²) in [6, 6.07) is 2.07. The third kappa shape index (κ3) is 3.32. The van der Waals surface area contributed by atoms with Gasteiger partial charge in [-0.15, -0.1) is 0 Å². The van der Waals surface area contributed by atoms with E-state index < -0.39 is 33.5 Å². The first-order chi connectivity index (χ1) is 9.90. The Labute approximate surface area is 127 Å². The van der Waals surface area contributed by atoms with Crippen LogP contribution >= 0.6 is 11.8 Å². The summed E-state index contributed by atoms with van der Waals surface area (Å²) >= 11 is 1.46. The first-order valence-corrected chi connectivity index (χ1v) is 9.42. The summed E-state index contributed by atoms with van der Waals surface area (Å²) in [4.78, 5) is 1.29. The maximum absolute atomic E-state index is 14.2. The average molecular weight is 337 g/mol. The minimum atomic E-state index is -3.45. The van der Waals surface area contributed by atoms with Crippen LogP contribution in [0.3, 0.4) is 0 Å². The highest BCUT2D eigenvalue weighted by molar-refractivity contribution is 8.01. The molecular weight excluding hydrogens is 320 g/mol. The summed E-state index contributed by atoms with van der Waals surface area (Å²) in [7, 11) is -3.45. The van der Waals surface area contributed by atoms with E-state index in [1.54, 1.807) is 0 Å². The molecule has 0 radical (unpaired) electrons. The standard InChI is InChI=1S/C13H17F2NO3S2/c1-2-21(18,19)12-8-20-4-3-16(12)13-10(14)5-9(7-17)6-11(13)15/h5-6,12,17H,2-4,7-8H2,1H3. The van der Waals surface area contributed by atoms with Crippen molar-refractivity contribution in [3.63, 3.8) is 0 Å². The van der Waals surface area contributed by atoms with Crippen molar-refractivity contribution >= 4 is 27.3 Å². The molecular formula is C13H17F2NO3S2. The fraction of sp³-hybridized carbons (Fsp3) is 0.538. The summed E-state index contributed by atoms with van der Waals surface area (Å²) in [6.45, 7) is 1.32. The second-order valence-corrected chi connectivity index (χ2v) is 8.34. The van der Waals surface area contributed by atoms with Crippen molar-refractivity contribution in [2.45, 2.75) is 18.9 Å². The molecule has 0 aromatic heterocycles.